The van der Waals surface area contributed by atoms with Crippen molar-refractivity contribution in [3.8, 4) is 5.75 Å². The second-order valence-corrected chi connectivity index (χ2v) is 5.60. The molecule has 0 radical (unpaired) electrons. The number of rotatable bonds is 10. The summed E-state index contributed by atoms with van der Waals surface area (Å²) in [5.41, 5.74) is 1.81. The van der Waals surface area contributed by atoms with E-state index < -0.39 is 0 Å². The van der Waals surface area contributed by atoms with E-state index in [1.54, 1.807) is 43.4 Å². The Morgan fingerprint density at radius 2 is 1.85 bits per heavy atom. The molecule has 0 aliphatic heterocycles. The summed E-state index contributed by atoms with van der Waals surface area (Å²) >= 11 is 0. The Morgan fingerprint density at radius 3 is 2.63 bits per heavy atom. The molecule has 0 bridgehead atoms. The van der Waals surface area contributed by atoms with Crippen LogP contribution in [-0.2, 0) is 9.53 Å². The van der Waals surface area contributed by atoms with Crippen LogP contribution in [0, 0.1) is 0 Å². The van der Waals surface area contributed by atoms with Crippen LogP contribution in [0.1, 0.15) is 17.3 Å². The summed E-state index contributed by atoms with van der Waals surface area (Å²) in [4.78, 5) is 23.9. The van der Waals surface area contributed by atoms with E-state index in [1.807, 2.05) is 19.1 Å². The Morgan fingerprint density at radius 1 is 1.04 bits per heavy atom. The van der Waals surface area contributed by atoms with Crippen LogP contribution in [-0.4, -0.2) is 45.2 Å². The molecule has 2 aromatic rings. The number of hydrogen-bond acceptors (Lipinski definition) is 5. The summed E-state index contributed by atoms with van der Waals surface area (Å²) in [7, 11) is 1.57. The quantitative estimate of drug-likeness (QED) is 0.559. The summed E-state index contributed by atoms with van der Waals surface area (Å²) in [6.45, 7) is 3.51. The van der Waals surface area contributed by atoms with Gasteiger partial charge in [0.25, 0.3) is 5.91 Å². The molecule has 27 heavy (non-hydrogen) atoms. The van der Waals surface area contributed by atoms with Gasteiger partial charge >= 0.3 is 0 Å². The zero-order valence-electron chi connectivity index (χ0n) is 15.6. The van der Waals surface area contributed by atoms with Crippen molar-refractivity contribution in [1.82, 2.24) is 5.32 Å². The van der Waals surface area contributed by atoms with Crippen LogP contribution in [0.2, 0.25) is 0 Å². The fraction of sp³-hybridized carbons (Fsp3) is 0.300. The average Bonchev–Trinajstić information content (AvgIpc) is 2.70. The largest absolute Gasteiger partial charge is 0.489 e. The molecule has 2 amide bonds. The van der Waals surface area contributed by atoms with Crippen LogP contribution >= 0.6 is 0 Å². The van der Waals surface area contributed by atoms with Crippen molar-refractivity contribution in [2.45, 2.75) is 6.92 Å². The van der Waals surface area contributed by atoms with Crippen LogP contribution in [0.5, 0.6) is 5.75 Å². The molecule has 0 heterocycles. The van der Waals surface area contributed by atoms with E-state index in [1.165, 1.54) is 0 Å². The minimum absolute atomic E-state index is 0.0600. The van der Waals surface area contributed by atoms with Gasteiger partial charge in [0.2, 0.25) is 5.91 Å². The number of para-hydroxylation sites is 2. The lowest BCUT2D eigenvalue weighted by atomic mass is 10.2. The predicted molar refractivity (Wildman–Crippen MR) is 105 cm³/mol. The lowest BCUT2D eigenvalue weighted by molar-refractivity contribution is -0.114. The molecule has 3 N–H and O–H groups in total. The molecule has 144 valence electrons. The highest BCUT2D eigenvalue weighted by atomic mass is 16.5. The maximum atomic E-state index is 12.3. The number of nitrogens with one attached hydrogen (secondary N) is 3. The summed E-state index contributed by atoms with van der Waals surface area (Å²) in [6, 6.07) is 14.2. The Hall–Kier alpha value is -3.06. The third kappa shape index (κ3) is 6.63. The van der Waals surface area contributed by atoms with Crippen molar-refractivity contribution in [3.63, 3.8) is 0 Å². The van der Waals surface area contributed by atoms with Crippen LogP contribution in [0.3, 0.4) is 0 Å². The molecule has 0 fully saturated rings. The lowest BCUT2D eigenvalue weighted by Gasteiger charge is -2.13. The number of ether oxygens (including phenoxy) is 2. The van der Waals surface area contributed by atoms with Gasteiger partial charge in [-0.15, -0.1) is 0 Å². The minimum atomic E-state index is -0.221. The molecular weight excluding hydrogens is 346 g/mol. The van der Waals surface area contributed by atoms with E-state index in [-0.39, 0.29) is 18.4 Å². The average molecular weight is 371 g/mol. The number of hydrogen-bond donors (Lipinski definition) is 3. The van der Waals surface area contributed by atoms with Crippen LogP contribution in [0.4, 0.5) is 11.4 Å². The highest BCUT2D eigenvalue weighted by Crippen LogP contribution is 2.23. The number of carbonyl (C=O) groups is 2. The predicted octanol–water partition coefficient (Wildman–Crippen LogP) is 2.51. The SMILES string of the molecule is CCOCCOc1ccccc1NC(=O)CNc1cccc(C(=O)NC)c1. The lowest BCUT2D eigenvalue weighted by Crippen LogP contribution is -2.22. The highest BCUT2D eigenvalue weighted by molar-refractivity contribution is 5.96. The van der Waals surface area contributed by atoms with Gasteiger partial charge in [-0.1, -0.05) is 18.2 Å². The van der Waals surface area contributed by atoms with E-state index >= 15 is 0 Å². The Kier molecular flexibility index (Phi) is 8.12. The van der Waals surface area contributed by atoms with Crippen molar-refractivity contribution in [2.24, 2.45) is 0 Å². The van der Waals surface area contributed by atoms with E-state index in [4.69, 9.17) is 9.47 Å². The van der Waals surface area contributed by atoms with Crippen molar-refractivity contribution in [1.29, 1.82) is 0 Å². The second-order valence-electron chi connectivity index (χ2n) is 5.60. The summed E-state index contributed by atoms with van der Waals surface area (Å²) in [5.74, 6) is 0.189. The first-order chi connectivity index (χ1) is 13.1. The number of carbonyl (C=O) groups excluding carboxylic acids is 2. The first kappa shape index (κ1) is 20.3. The zero-order valence-corrected chi connectivity index (χ0v) is 15.6. The summed E-state index contributed by atoms with van der Waals surface area (Å²) in [6.07, 6.45) is 0. The van der Waals surface area contributed by atoms with Gasteiger partial charge in [-0.3, -0.25) is 9.59 Å². The number of benzene rings is 2. The van der Waals surface area contributed by atoms with Gasteiger partial charge in [-0.25, -0.2) is 0 Å². The smallest absolute Gasteiger partial charge is 0.251 e. The van der Waals surface area contributed by atoms with Crippen molar-refractivity contribution >= 4 is 23.2 Å². The fourth-order valence-electron chi connectivity index (χ4n) is 2.34. The maximum Gasteiger partial charge on any atom is 0.251 e. The first-order valence-corrected chi connectivity index (χ1v) is 8.79. The molecule has 0 aliphatic carbocycles. The molecule has 0 saturated carbocycles. The number of anilines is 2. The molecule has 0 spiro atoms. The molecule has 0 aromatic heterocycles. The molecule has 0 aliphatic rings. The molecule has 2 rings (SSSR count). The van der Waals surface area contributed by atoms with E-state index in [2.05, 4.69) is 16.0 Å². The molecule has 0 atom stereocenters. The Balaban J connectivity index is 1.90. The minimum Gasteiger partial charge on any atom is -0.489 e. The second kappa shape index (κ2) is 10.8. The van der Waals surface area contributed by atoms with Crippen LogP contribution in [0.25, 0.3) is 0 Å². The first-order valence-electron chi connectivity index (χ1n) is 8.79. The van der Waals surface area contributed by atoms with Gasteiger partial charge in [-0.05, 0) is 37.3 Å². The van der Waals surface area contributed by atoms with Gasteiger partial charge < -0.3 is 25.4 Å². The third-order valence-corrected chi connectivity index (χ3v) is 3.66. The molecule has 0 saturated heterocycles. The van der Waals surface area contributed by atoms with E-state index in [0.717, 1.165) is 0 Å². The van der Waals surface area contributed by atoms with Crippen molar-refractivity contribution in [3.05, 3.63) is 54.1 Å². The van der Waals surface area contributed by atoms with Gasteiger partial charge in [0, 0.05) is 24.9 Å². The third-order valence-electron chi connectivity index (χ3n) is 3.66. The Bertz CT molecular complexity index is 764. The van der Waals surface area contributed by atoms with E-state index in [0.29, 0.717) is 42.5 Å². The number of amides is 2. The van der Waals surface area contributed by atoms with Gasteiger partial charge in [0.05, 0.1) is 18.8 Å². The molecule has 0 unspecified atom stereocenters. The molecule has 2 aromatic carbocycles. The zero-order chi connectivity index (χ0) is 19.5. The summed E-state index contributed by atoms with van der Waals surface area (Å²) in [5, 5.41) is 8.40. The van der Waals surface area contributed by atoms with Gasteiger partial charge in [0.1, 0.15) is 12.4 Å². The fourth-order valence-corrected chi connectivity index (χ4v) is 2.34. The van der Waals surface area contributed by atoms with Crippen molar-refractivity contribution in [2.75, 3.05) is 44.0 Å². The normalized spacial score (nSPS) is 10.1. The van der Waals surface area contributed by atoms with Crippen LogP contribution < -0.4 is 20.7 Å². The monoisotopic (exact) mass is 371 g/mol. The highest BCUT2D eigenvalue weighted by Gasteiger charge is 2.08. The van der Waals surface area contributed by atoms with Crippen molar-refractivity contribution < 1.29 is 19.1 Å². The summed E-state index contributed by atoms with van der Waals surface area (Å²) < 4.78 is 10.9. The molecular formula is C20H25N3O4. The Labute approximate surface area is 159 Å². The van der Waals surface area contributed by atoms with E-state index in [9.17, 15) is 9.59 Å². The maximum absolute atomic E-state index is 12.3. The molecule has 7 nitrogen and oxygen atoms in total. The van der Waals surface area contributed by atoms with Gasteiger partial charge in [-0.2, -0.15) is 0 Å². The molecule has 7 heteroatoms. The van der Waals surface area contributed by atoms with Gasteiger partial charge in [0.15, 0.2) is 0 Å². The van der Waals surface area contributed by atoms with Crippen LogP contribution in [0.15, 0.2) is 48.5 Å². The standard InChI is InChI=1S/C20H25N3O4/c1-3-26-11-12-27-18-10-5-4-9-17(18)23-19(24)14-22-16-8-6-7-15(13-16)20(25)21-2/h4-10,13,22H,3,11-12,14H2,1-2H3,(H,21,25)(H,23,24). The topological polar surface area (TPSA) is 88.7 Å².